The number of furan rings is 1. The number of amides is 1. The molecular formula is C19H30N2O4S. The summed E-state index contributed by atoms with van der Waals surface area (Å²) in [7, 11) is -3.64. The SMILES string of the molecule is CCCCC1CCCC1NC(=O)c1ccc(S(=O)(=O)N2CCCCC2)o1. The van der Waals surface area contributed by atoms with Gasteiger partial charge in [-0.15, -0.1) is 0 Å². The molecule has 0 radical (unpaired) electrons. The van der Waals surface area contributed by atoms with Gasteiger partial charge in [-0.2, -0.15) is 4.31 Å². The molecule has 1 aromatic heterocycles. The molecule has 1 aliphatic heterocycles. The number of rotatable bonds is 7. The van der Waals surface area contributed by atoms with Crippen molar-refractivity contribution in [2.75, 3.05) is 13.1 Å². The van der Waals surface area contributed by atoms with Crippen LogP contribution in [0, 0.1) is 5.92 Å². The number of unbranched alkanes of at least 4 members (excludes halogenated alkanes) is 1. The number of carbonyl (C=O) groups excluding carboxylic acids is 1. The number of piperidine rings is 1. The van der Waals surface area contributed by atoms with Gasteiger partial charge in [-0.05, 0) is 50.2 Å². The van der Waals surface area contributed by atoms with E-state index < -0.39 is 10.0 Å². The molecular weight excluding hydrogens is 352 g/mol. The topological polar surface area (TPSA) is 79.6 Å². The van der Waals surface area contributed by atoms with Crippen LogP contribution in [-0.2, 0) is 10.0 Å². The smallest absolute Gasteiger partial charge is 0.287 e. The lowest BCUT2D eigenvalue weighted by molar-refractivity contribution is 0.0892. The molecule has 26 heavy (non-hydrogen) atoms. The van der Waals surface area contributed by atoms with Crippen molar-refractivity contribution in [2.24, 2.45) is 5.92 Å². The lowest BCUT2D eigenvalue weighted by Crippen LogP contribution is -2.37. The number of sulfonamides is 1. The van der Waals surface area contributed by atoms with E-state index in [-0.39, 0.29) is 22.8 Å². The molecule has 7 heteroatoms. The number of nitrogens with one attached hydrogen (secondary N) is 1. The molecule has 0 bridgehead atoms. The highest BCUT2D eigenvalue weighted by Gasteiger charge is 2.31. The van der Waals surface area contributed by atoms with Gasteiger partial charge in [0, 0.05) is 19.1 Å². The molecule has 1 saturated carbocycles. The van der Waals surface area contributed by atoms with Crippen LogP contribution in [0.3, 0.4) is 0 Å². The highest BCUT2D eigenvalue weighted by molar-refractivity contribution is 7.89. The molecule has 0 aromatic carbocycles. The maximum atomic E-state index is 12.6. The standard InChI is InChI=1S/C19H30N2O4S/c1-2-3-8-15-9-7-10-16(15)20-19(22)17-11-12-18(25-17)26(23,24)21-13-5-4-6-14-21/h11-12,15-16H,2-10,13-14H2,1H3,(H,20,22). The van der Waals surface area contributed by atoms with Gasteiger partial charge in [0.2, 0.25) is 5.09 Å². The van der Waals surface area contributed by atoms with E-state index in [0.717, 1.165) is 51.4 Å². The molecule has 6 nitrogen and oxygen atoms in total. The average molecular weight is 383 g/mol. The van der Waals surface area contributed by atoms with Crippen LogP contribution in [0.15, 0.2) is 21.6 Å². The molecule has 1 saturated heterocycles. The molecule has 3 rings (SSSR count). The van der Waals surface area contributed by atoms with E-state index in [1.54, 1.807) is 0 Å². The first-order valence-corrected chi connectivity index (χ1v) is 11.4. The zero-order valence-electron chi connectivity index (χ0n) is 15.6. The molecule has 1 amide bonds. The normalized spacial score (nSPS) is 24.7. The summed E-state index contributed by atoms with van der Waals surface area (Å²) in [5.74, 6) is 0.297. The summed E-state index contributed by atoms with van der Waals surface area (Å²) in [6, 6.07) is 3.05. The Balaban J connectivity index is 1.64. The number of carbonyl (C=O) groups is 1. The predicted octanol–water partition coefficient (Wildman–Crippen LogP) is 3.54. The minimum Gasteiger partial charge on any atom is -0.438 e. The fourth-order valence-electron chi connectivity index (χ4n) is 4.09. The van der Waals surface area contributed by atoms with Crippen LogP contribution in [0.4, 0.5) is 0 Å². The van der Waals surface area contributed by atoms with Crippen LogP contribution >= 0.6 is 0 Å². The maximum Gasteiger partial charge on any atom is 0.287 e. The van der Waals surface area contributed by atoms with Crippen LogP contribution in [0.25, 0.3) is 0 Å². The van der Waals surface area contributed by atoms with Gasteiger partial charge in [0.15, 0.2) is 5.76 Å². The summed E-state index contributed by atoms with van der Waals surface area (Å²) in [4.78, 5) is 12.5. The van der Waals surface area contributed by atoms with E-state index in [4.69, 9.17) is 4.42 Å². The van der Waals surface area contributed by atoms with Crippen molar-refractivity contribution < 1.29 is 17.6 Å². The van der Waals surface area contributed by atoms with Crippen LogP contribution in [-0.4, -0.2) is 37.8 Å². The second-order valence-electron chi connectivity index (χ2n) is 7.50. The Morgan fingerprint density at radius 1 is 1.19 bits per heavy atom. The number of nitrogens with zero attached hydrogens (tertiary/aromatic N) is 1. The minimum atomic E-state index is -3.64. The molecule has 1 N–H and O–H groups in total. The molecule has 2 aliphatic rings. The van der Waals surface area contributed by atoms with Crippen LogP contribution in [0.1, 0.15) is 75.3 Å². The first kappa shape index (κ1) is 19.4. The lowest BCUT2D eigenvalue weighted by Gasteiger charge is -2.24. The first-order valence-electron chi connectivity index (χ1n) is 9.93. The Hall–Kier alpha value is -1.34. The zero-order chi connectivity index (χ0) is 18.6. The number of hydrogen-bond donors (Lipinski definition) is 1. The Labute approximate surface area is 156 Å². The third-order valence-corrected chi connectivity index (χ3v) is 7.39. The zero-order valence-corrected chi connectivity index (χ0v) is 16.4. The van der Waals surface area contributed by atoms with E-state index >= 15 is 0 Å². The summed E-state index contributed by atoms with van der Waals surface area (Å²) in [5, 5.41) is 2.93. The van der Waals surface area contributed by atoms with E-state index in [0.29, 0.717) is 19.0 Å². The first-order chi connectivity index (χ1) is 12.5. The average Bonchev–Trinajstić information content (AvgIpc) is 3.30. The molecule has 2 atom stereocenters. The molecule has 2 fully saturated rings. The van der Waals surface area contributed by atoms with E-state index in [1.165, 1.54) is 22.9 Å². The van der Waals surface area contributed by atoms with Crippen molar-refractivity contribution >= 4 is 15.9 Å². The van der Waals surface area contributed by atoms with Crippen LogP contribution in [0.2, 0.25) is 0 Å². The highest BCUT2D eigenvalue weighted by atomic mass is 32.2. The van der Waals surface area contributed by atoms with Crippen LogP contribution < -0.4 is 5.32 Å². The summed E-state index contributed by atoms with van der Waals surface area (Å²) in [5.41, 5.74) is 0. The third kappa shape index (κ3) is 4.31. The van der Waals surface area contributed by atoms with E-state index in [9.17, 15) is 13.2 Å². The van der Waals surface area contributed by atoms with Crippen molar-refractivity contribution in [2.45, 2.75) is 75.8 Å². The maximum absolute atomic E-state index is 12.6. The van der Waals surface area contributed by atoms with Gasteiger partial charge in [-0.1, -0.05) is 32.6 Å². The van der Waals surface area contributed by atoms with Gasteiger partial charge in [-0.25, -0.2) is 8.42 Å². The Morgan fingerprint density at radius 2 is 1.96 bits per heavy atom. The predicted molar refractivity (Wildman–Crippen MR) is 99.4 cm³/mol. The van der Waals surface area contributed by atoms with Crippen molar-refractivity contribution in [3.63, 3.8) is 0 Å². The lowest BCUT2D eigenvalue weighted by atomic mass is 9.97. The quantitative estimate of drug-likeness (QED) is 0.782. The second kappa shape index (κ2) is 8.57. The van der Waals surface area contributed by atoms with Gasteiger partial charge < -0.3 is 9.73 Å². The largest absolute Gasteiger partial charge is 0.438 e. The Bertz CT molecular complexity index is 707. The fraction of sp³-hybridized carbons (Fsp3) is 0.737. The van der Waals surface area contributed by atoms with Gasteiger partial charge in [0.25, 0.3) is 15.9 Å². The van der Waals surface area contributed by atoms with Crippen molar-refractivity contribution in [1.29, 1.82) is 0 Å². The summed E-state index contributed by atoms with van der Waals surface area (Å²) >= 11 is 0. The van der Waals surface area contributed by atoms with Crippen molar-refractivity contribution in [3.05, 3.63) is 17.9 Å². The minimum absolute atomic E-state index is 0.0849. The summed E-state index contributed by atoms with van der Waals surface area (Å²) < 4.78 is 32.2. The van der Waals surface area contributed by atoms with E-state index in [1.807, 2.05) is 0 Å². The van der Waals surface area contributed by atoms with Gasteiger partial charge in [0.05, 0.1) is 0 Å². The summed E-state index contributed by atoms with van der Waals surface area (Å²) in [6.45, 7) is 3.22. The van der Waals surface area contributed by atoms with Gasteiger partial charge >= 0.3 is 0 Å². The Kier molecular flexibility index (Phi) is 6.40. The fourth-order valence-corrected chi connectivity index (χ4v) is 5.52. The molecule has 0 spiro atoms. The molecule has 146 valence electrons. The van der Waals surface area contributed by atoms with E-state index in [2.05, 4.69) is 12.2 Å². The Morgan fingerprint density at radius 3 is 2.69 bits per heavy atom. The molecule has 2 unspecified atom stereocenters. The van der Waals surface area contributed by atoms with Crippen molar-refractivity contribution in [1.82, 2.24) is 9.62 Å². The molecule has 1 aromatic rings. The highest BCUT2D eigenvalue weighted by Crippen LogP contribution is 2.30. The monoisotopic (exact) mass is 382 g/mol. The van der Waals surface area contributed by atoms with Gasteiger partial charge in [-0.3, -0.25) is 4.79 Å². The summed E-state index contributed by atoms with van der Waals surface area (Å²) in [6.07, 6.45) is 9.53. The van der Waals surface area contributed by atoms with Gasteiger partial charge in [0.1, 0.15) is 0 Å². The van der Waals surface area contributed by atoms with Crippen LogP contribution in [0.5, 0.6) is 0 Å². The molecule has 1 aliphatic carbocycles. The number of hydrogen-bond acceptors (Lipinski definition) is 4. The van der Waals surface area contributed by atoms with Crippen molar-refractivity contribution in [3.8, 4) is 0 Å². The third-order valence-electron chi connectivity index (χ3n) is 5.62. The second-order valence-corrected chi connectivity index (χ2v) is 9.37. The molecule has 2 heterocycles.